The Morgan fingerprint density at radius 2 is 1.92 bits per heavy atom. The fourth-order valence-electron chi connectivity index (χ4n) is 2.59. The second-order valence-corrected chi connectivity index (χ2v) is 5.56. The number of halogens is 1. The zero-order valence-electron chi connectivity index (χ0n) is 13.9. The molecule has 0 bridgehead atoms. The van der Waals surface area contributed by atoms with Crippen molar-refractivity contribution in [1.82, 2.24) is 0 Å². The smallest absolute Gasteiger partial charge is 0.187 e. The van der Waals surface area contributed by atoms with Crippen molar-refractivity contribution in [3.8, 4) is 11.5 Å². The minimum absolute atomic E-state index is 0.0165. The third-order valence-corrected chi connectivity index (χ3v) is 3.91. The van der Waals surface area contributed by atoms with E-state index in [0.29, 0.717) is 30.8 Å². The highest BCUT2D eigenvalue weighted by Gasteiger charge is 2.24. The maximum atomic E-state index is 14.2. The number of carbonyl (C=O) groups excluding carboxylic acids is 1. The standard InChI is InChI=1S/C19H19FO5/c1-22-15-4-2-13(3-5-15)12-25-18-10-14(6-7-21)17(20)11-16(18)19-23-8-9-24-19/h2-5,7,10-11,19H,6,8-9,12H2,1H3. The molecule has 5 nitrogen and oxygen atoms in total. The molecule has 0 saturated carbocycles. The molecule has 0 unspecified atom stereocenters. The van der Waals surface area contributed by atoms with Gasteiger partial charge in [0.2, 0.25) is 0 Å². The van der Waals surface area contributed by atoms with Gasteiger partial charge in [0, 0.05) is 6.42 Å². The van der Waals surface area contributed by atoms with Crippen LogP contribution in [0.5, 0.6) is 11.5 Å². The molecule has 0 aromatic heterocycles. The quantitative estimate of drug-likeness (QED) is 0.721. The van der Waals surface area contributed by atoms with Gasteiger partial charge in [0.1, 0.15) is 30.2 Å². The van der Waals surface area contributed by atoms with Crippen LogP contribution in [0.15, 0.2) is 36.4 Å². The highest BCUT2D eigenvalue weighted by atomic mass is 19.1. The normalized spacial score (nSPS) is 14.5. The molecular formula is C19H19FO5. The molecule has 0 amide bonds. The number of aldehydes is 1. The summed E-state index contributed by atoms with van der Waals surface area (Å²) in [5.74, 6) is 0.728. The van der Waals surface area contributed by atoms with E-state index in [1.807, 2.05) is 24.3 Å². The lowest BCUT2D eigenvalue weighted by Crippen LogP contribution is -2.06. The van der Waals surface area contributed by atoms with E-state index >= 15 is 0 Å². The lowest BCUT2D eigenvalue weighted by Gasteiger charge is -2.17. The Kier molecular flexibility index (Phi) is 5.63. The molecule has 6 heteroatoms. The molecule has 0 atom stereocenters. The van der Waals surface area contributed by atoms with Crippen molar-refractivity contribution >= 4 is 6.29 Å². The van der Waals surface area contributed by atoms with E-state index in [2.05, 4.69) is 0 Å². The molecule has 0 radical (unpaired) electrons. The van der Waals surface area contributed by atoms with Crippen LogP contribution in [-0.2, 0) is 27.3 Å². The molecule has 3 rings (SSSR count). The van der Waals surface area contributed by atoms with E-state index < -0.39 is 12.1 Å². The van der Waals surface area contributed by atoms with E-state index in [9.17, 15) is 9.18 Å². The summed E-state index contributed by atoms with van der Waals surface area (Å²) in [5.41, 5.74) is 1.70. The van der Waals surface area contributed by atoms with Gasteiger partial charge in [-0.3, -0.25) is 0 Å². The summed E-state index contributed by atoms with van der Waals surface area (Å²) in [4.78, 5) is 10.7. The van der Waals surface area contributed by atoms with Gasteiger partial charge < -0.3 is 23.7 Å². The summed E-state index contributed by atoms with van der Waals surface area (Å²) in [7, 11) is 1.60. The van der Waals surface area contributed by atoms with Gasteiger partial charge in [-0.15, -0.1) is 0 Å². The lowest BCUT2D eigenvalue weighted by molar-refractivity contribution is -0.107. The third-order valence-electron chi connectivity index (χ3n) is 3.91. The van der Waals surface area contributed by atoms with Crippen molar-refractivity contribution in [3.63, 3.8) is 0 Å². The predicted octanol–water partition coefficient (Wildman–Crippen LogP) is 3.20. The first-order valence-corrected chi connectivity index (χ1v) is 7.96. The Balaban J connectivity index is 1.83. The highest BCUT2D eigenvalue weighted by Crippen LogP contribution is 2.34. The van der Waals surface area contributed by atoms with Crippen LogP contribution < -0.4 is 9.47 Å². The maximum Gasteiger partial charge on any atom is 0.187 e. The average Bonchev–Trinajstić information content (AvgIpc) is 3.17. The minimum Gasteiger partial charge on any atom is -0.497 e. The number of carbonyl (C=O) groups is 1. The summed E-state index contributed by atoms with van der Waals surface area (Å²) in [6, 6.07) is 10.3. The van der Waals surface area contributed by atoms with E-state index in [1.54, 1.807) is 7.11 Å². The van der Waals surface area contributed by atoms with Gasteiger partial charge in [-0.1, -0.05) is 12.1 Å². The molecule has 2 aromatic carbocycles. The Morgan fingerprint density at radius 1 is 1.20 bits per heavy atom. The molecule has 1 heterocycles. The van der Waals surface area contributed by atoms with E-state index in [0.717, 1.165) is 11.3 Å². The van der Waals surface area contributed by atoms with Gasteiger partial charge in [0.15, 0.2) is 6.29 Å². The van der Waals surface area contributed by atoms with Crippen LogP contribution >= 0.6 is 0 Å². The zero-order valence-corrected chi connectivity index (χ0v) is 13.9. The van der Waals surface area contributed by atoms with Crippen molar-refractivity contribution in [3.05, 3.63) is 58.9 Å². The number of hydrogen-bond acceptors (Lipinski definition) is 5. The Morgan fingerprint density at radius 3 is 2.56 bits per heavy atom. The van der Waals surface area contributed by atoms with Crippen LogP contribution in [0.4, 0.5) is 4.39 Å². The first-order chi connectivity index (χ1) is 12.2. The molecular weight excluding hydrogens is 327 g/mol. The first-order valence-electron chi connectivity index (χ1n) is 7.96. The minimum atomic E-state index is -0.661. The highest BCUT2D eigenvalue weighted by molar-refractivity contribution is 5.56. The number of ether oxygens (including phenoxy) is 4. The molecule has 2 aromatic rings. The molecule has 1 saturated heterocycles. The lowest BCUT2D eigenvalue weighted by atomic mass is 10.1. The Hall–Kier alpha value is -2.44. The summed E-state index contributed by atoms with van der Waals surface area (Å²) in [5, 5.41) is 0. The fourth-order valence-corrected chi connectivity index (χ4v) is 2.59. The molecule has 1 aliphatic rings. The van der Waals surface area contributed by atoms with Gasteiger partial charge >= 0.3 is 0 Å². The summed E-state index contributed by atoms with van der Waals surface area (Å²) >= 11 is 0. The molecule has 0 aliphatic carbocycles. The second-order valence-electron chi connectivity index (χ2n) is 5.56. The van der Waals surface area contributed by atoms with Gasteiger partial charge in [-0.2, -0.15) is 0 Å². The molecule has 0 N–H and O–H groups in total. The van der Waals surface area contributed by atoms with E-state index in [1.165, 1.54) is 12.1 Å². The van der Waals surface area contributed by atoms with Crippen molar-refractivity contribution in [1.29, 1.82) is 0 Å². The monoisotopic (exact) mass is 346 g/mol. The predicted molar refractivity (Wildman–Crippen MR) is 88.1 cm³/mol. The largest absolute Gasteiger partial charge is 0.497 e. The van der Waals surface area contributed by atoms with Crippen LogP contribution in [0.25, 0.3) is 0 Å². The van der Waals surface area contributed by atoms with Crippen LogP contribution in [0.3, 0.4) is 0 Å². The average molecular weight is 346 g/mol. The number of methoxy groups -OCH3 is 1. The number of benzene rings is 2. The molecule has 132 valence electrons. The molecule has 1 aliphatic heterocycles. The zero-order chi connectivity index (χ0) is 17.6. The topological polar surface area (TPSA) is 54.0 Å². The van der Waals surface area contributed by atoms with Gasteiger partial charge in [-0.05, 0) is 35.4 Å². The fraction of sp³-hybridized carbons (Fsp3) is 0.316. The third kappa shape index (κ3) is 4.15. The SMILES string of the molecule is COc1ccc(COc2cc(CC=O)c(F)cc2C2OCCO2)cc1. The van der Waals surface area contributed by atoms with Crippen LogP contribution in [0.1, 0.15) is 23.0 Å². The summed E-state index contributed by atoms with van der Waals surface area (Å²) < 4.78 is 36.1. The Bertz CT molecular complexity index is 723. The van der Waals surface area contributed by atoms with Gasteiger partial charge in [0.05, 0.1) is 25.9 Å². The van der Waals surface area contributed by atoms with Crippen LogP contribution in [0, 0.1) is 5.82 Å². The molecule has 1 fully saturated rings. The van der Waals surface area contributed by atoms with Crippen LogP contribution in [-0.4, -0.2) is 26.6 Å². The maximum absolute atomic E-state index is 14.2. The van der Waals surface area contributed by atoms with E-state index in [-0.39, 0.29) is 18.6 Å². The summed E-state index contributed by atoms with van der Waals surface area (Å²) in [6.45, 7) is 1.18. The van der Waals surface area contributed by atoms with Crippen LogP contribution in [0.2, 0.25) is 0 Å². The molecule has 25 heavy (non-hydrogen) atoms. The first kappa shape index (κ1) is 17.4. The van der Waals surface area contributed by atoms with E-state index in [4.69, 9.17) is 18.9 Å². The van der Waals surface area contributed by atoms with Gasteiger partial charge in [-0.25, -0.2) is 4.39 Å². The second kappa shape index (κ2) is 8.09. The number of hydrogen-bond donors (Lipinski definition) is 0. The van der Waals surface area contributed by atoms with Gasteiger partial charge in [0.25, 0.3) is 0 Å². The Labute approximate surface area is 145 Å². The summed E-state index contributed by atoms with van der Waals surface area (Å²) in [6.07, 6.45) is -0.0173. The van der Waals surface area contributed by atoms with Crippen molar-refractivity contribution < 1.29 is 28.1 Å². The van der Waals surface area contributed by atoms with Crippen molar-refractivity contribution in [2.24, 2.45) is 0 Å². The van der Waals surface area contributed by atoms with Crippen molar-refractivity contribution in [2.75, 3.05) is 20.3 Å². The van der Waals surface area contributed by atoms with Crippen molar-refractivity contribution in [2.45, 2.75) is 19.3 Å². The molecule has 0 spiro atoms. The number of rotatable bonds is 7.